The average Bonchev–Trinajstić information content (AvgIpc) is 2.99. The van der Waals surface area contributed by atoms with Gasteiger partial charge in [-0.05, 0) is 38.9 Å². The summed E-state index contributed by atoms with van der Waals surface area (Å²) in [6.07, 6.45) is 1.62. The number of fused-ring (bicyclic) bond motifs is 2. The van der Waals surface area contributed by atoms with Crippen LogP contribution in [0.5, 0.6) is 17.2 Å². The smallest absolute Gasteiger partial charge is 0.231 e. The second-order valence-corrected chi connectivity index (χ2v) is 6.26. The van der Waals surface area contributed by atoms with Crippen LogP contribution in [0.3, 0.4) is 0 Å². The molecule has 0 amide bonds. The van der Waals surface area contributed by atoms with Crippen molar-refractivity contribution in [3.8, 4) is 17.2 Å². The first-order valence-electron chi connectivity index (χ1n) is 7.82. The molecule has 1 atom stereocenters. The standard InChI is InChI=1S/C17H24N2O4/c1-10(2)12(18-20)8-13-15-11(5-6-19(13)3)7-14-16(17(15)21-4)23-9-22-14/h7,13,18,20H,5-6,8-9H2,1-4H3/t13-/m1/s1. The molecule has 2 aliphatic rings. The summed E-state index contributed by atoms with van der Waals surface area (Å²) in [5.41, 5.74) is 6.58. The van der Waals surface area contributed by atoms with E-state index >= 15 is 0 Å². The highest BCUT2D eigenvalue weighted by molar-refractivity contribution is 5.62. The van der Waals surface area contributed by atoms with Gasteiger partial charge < -0.3 is 14.2 Å². The minimum Gasteiger partial charge on any atom is -0.492 e. The molecule has 0 fully saturated rings. The van der Waals surface area contributed by atoms with Crippen LogP contribution in [-0.4, -0.2) is 37.6 Å². The van der Waals surface area contributed by atoms with Crippen LogP contribution in [0.1, 0.15) is 37.4 Å². The maximum atomic E-state index is 9.44. The number of nitrogens with zero attached hydrogens (tertiary/aromatic N) is 1. The molecule has 0 aromatic heterocycles. The first-order valence-corrected chi connectivity index (χ1v) is 7.82. The van der Waals surface area contributed by atoms with Gasteiger partial charge in [-0.3, -0.25) is 15.6 Å². The molecule has 6 heteroatoms. The van der Waals surface area contributed by atoms with Gasteiger partial charge in [-0.1, -0.05) is 5.57 Å². The van der Waals surface area contributed by atoms with Gasteiger partial charge in [0.25, 0.3) is 0 Å². The Bertz CT molecular complexity index is 638. The Labute approximate surface area is 136 Å². The number of hydrogen-bond donors (Lipinski definition) is 2. The van der Waals surface area contributed by atoms with Crippen molar-refractivity contribution in [2.45, 2.75) is 32.7 Å². The van der Waals surface area contributed by atoms with Gasteiger partial charge >= 0.3 is 0 Å². The Morgan fingerprint density at radius 2 is 2.22 bits per heavy atom. The van der Waals surface area contributed by atoms with Crippen LogP contribution in [-0.2, 0) is 6.42 Å². The first kappa shape index (κ1) is 16.0. The molecule has 6 nitrogen and oxygen atoms in total. The molecule has 3 rings (SSSR count). The lowest BCUT2D eigenvalue weighted by Gasteiger charge is -2.36. The monoisotopic (exact) mass is 320 g/mol. The van der Waals surface area contributed by atoms with E-state index in [0.717, 1.165) is 41.3 Å². The van der Waals surface area contributed by atoms with Gasteiger partial charge in [-0.25, -0.2) is 0 Å². The molecule has 0 spiro atoms. The molecule has 0 radical (unpaired) electrons. The molecule has 0 bridgehead atoms. The van der Waals surface area contributed by atoms with Crippen LogP contribution in [0.25, 0.3) is 0 Å². The Balaban J connectivity index is 2.09. The number of likely N-dealkylation sites (N-methyl/N-ethyl adjacent to an activating group) is 1. The quantitative estimate of drug-likeness (QED) is 0.832. The van der Waals surface area contributed by atoms with Gasteiger partial charge in [0.15, 0.2) is 11.5 Å². The summed E-state index contributed by atoms with van der Waals surface area (Å²) >= 11 is 0. The molecule has 0 unspecified atom stereocenters. The third kappa shape index (κ3) is 2.72. The zero-order valence-electron chi connectivity index (χ0n) is 14.1. The summed E-state index contributed by atoms with van der Waals surface area (Å²) in [6.45, 7) is 5.15. The van der Waals surface area contributed by atoms with E-state index in [1.165, 1.54) is 5.56 Å². The van der Waals surface area contributed by atoms with Crippen molar-refractivity contribution < 1.29 is 19.4 Å². The number of benzene rings is 1. The van der Waals surface area contributed by atoms with Crippen LogP contribution in [0.4, 0.5) is 0 Å². The van der Waals surface area contributed by atoms with E-state index in [1.807, 2.05) is 13.8 Å². The molecule has 1 aromatic carbocycles. The van der Waals surface area contributed by atoms with E-state index in [2.05, 4.69) is 23.5 Å². The van der Waals surface area contributed by atoms with Crippen molar-refractivity contribution in [3.63, 3.8) is 0 Å². The van der Waals surface area contributed by atoms with E-state index in [9.17, 15) is 5.21 Å². The number of methoxy groups -OCH3 is 1. The lowest BCUT2D eigenvalue weighted by Crippen LogP contribution is -2.34. The molecule has 2 N–H and O–H groups in total. The number of hydroxylamine groups is 1. The van der Waals surface area contributed by atoms with Crippen molar-refractivity contribution >= 4 is 0 Å². The fourth-order valence-corrected chi connectivity index (χ4v) is 3.34. The van der Waals surface area contributed by atoms with Crippen LogP contribution < -0.4 is 19.7 Å². The highest BCUT2D eigenvalue weighted by Gasteiger charge is 2.34. The van der Waals surface area contributed by atoms with E-state index in [1.54, 1.807) is 7.11 Å². The second-order valence-electron chi connectivity index (χ2n) is 6.26. The van der Waals surface area contributed by atoms with E-state index in [4.69, 9.17) is 14.2 Å². The molecule has 126 valence electrons. The first-order chi connectivity index (χ1) is 11.1. The highest BCUT2D eigenvalue weighted by atomic mass is 16.7. The Kier molecular flexibility index (Phi) is 4.37. The van der Waals surface area contributed by atoms with E-state index in [0.29, 0.717) is 12.2 Å². The summed E-state index contributed by atoms with van der Waals surface area (Å²) in [7, 11) is 3.76. The lowest BCUT2D eigenvalue weighted by molar-refractivity contribution is 0.167. The normalized spacial score (nSPS) is 19.3. The summed E-state index contributed by atoms with van der Waals surface area (Å²) in [4.78, 5) is 2.29. The zero-order valence-corrected chi connectivity index (χ0v) is 14.1. The van der Waals surface area contributed by atoms with Gasteiger partial charge in [0.1, 0.15) is 0 Å². The van der Waals surface area contributed by atoms with Crippen molar-refractivity contribution in [1.29, 1.82) is 0 Å². The molecular weight excluding hydrogens is 296 g/mol. The van der Waals surface area contributed by atoms with Crippen LogP contribution in [0, 0.1) is 0 Å². The highest BCUT2D eigenvalue weighted by Crippen LogP contribution is 2.50. The van der Waals surface area contributed by atoms with Crippen molar-refractivity contribution in [1.82, 2.24) is 10.4 Å². The van der Waals surface area contributed by atoms with Crippen LogP contribution in [0.15, 0.2) is 17.3 Å². The minimum atomic E-state index is 0.104. The van der Waals surface area contributed by atoms with Crippen molar-refractivity contribution in [3.05, 3.63) is 28.5 Å². The molecule has 2 aliphatic heterocycles. The predicted molar refractivity (Wildman–Crippen MR) is 86.1 cm³/mol. The predicted octanol–water partition coefficient (Wildman–Crippen LogP) is 2.62. The van der Waals surface area contributed by atoms with Gasteiger partial charge in [0.2, 0.25) is 12.5 Å². The fourth-order valence-electron chi connectivity index (χ4n) is 3.34. The molecule has 0 saturated heterocycles. The molecule has 0 aliphatic carbocycles. The van der Waals surface area contributed by atoms with Crippen molar-refractivity contribution in [2.24, 2.45) is 0 Å². The summed E-state index contributed by atoms with van der Waals surface area (Å²) in [5, 5.41) is 9.44. The maximum Gasteiger partial charge on any atom is 0.231 e. The van der Waals surface area contributed by atoms with Crippen LogP contribution in [0.2, 0.25) is 0 Å². The van der Waals surface area contributed by atoms with Crippen LogP contribution >= 0.6 is 0 Å². The lowest BCUT2D eigenvalue weighted by atomic mass is 9.88. The SMILES string of the molecule is COc1c2c(cc3c1[C@@H](CC(NO)=C(C)C)N(C)CC3)OCO2. The number of allylic oxidation sites excluding steroid dienone is 1. The van der Waals surface area contributed by atoms with E-state index < -0.39 is 0 Å². The Morgan fingerprint density at radius 1 is 1.43 bits per heavy atom. The third-order valence-corrected chi connectivity index (χ3v) is 4.68. The summed E-state index contributed by atoms with van der Waals surface area (Å²) < 4.78 is 16.8. The Morgan fingerprint density at radius 3 is 2.87 bits per heavy atom. The summed E-state index contributed by atoms with van der Waals surface area (Å²) in [5.74, 6) is 2.19. The van der Waals surface area contributed by atoms with Gasteiger partial charge in [-0.2, -0.15) is 0 Å². The maximum absolute atomic E-state index is 9.44. The van der Waals surface area contributed by atoms with Gasteiger partial charge in [-0.15, -0.1) is 0 Å². The molecule has 23 heavy (non-hydrogen) atoms. The van der Waals surface area contributed by atoms with Gasteiger partial charge in [0.05, 0.1) is 7.11 Å². The largest absolute Gasteiger partial charge is 0.492 e. The molecule has 2 heterocycles. The molecule has 1 aromatic rings. The fraction of sp³-hybridized carbons (Fsp3) is 0.529. The second kappa shape index (κ2) is 6.29. The number of rotatable bonds is 4. The number of nitrogens with one attached hydrogen (secondary N) is 1. The molecule has 0 saturated carbocycles. The topological polar surface area (TPSA) is 63.2 Å². The van der Waals surface area contributed by atoms with Crippen molar-refractivity contribution in [2.75, 3.05) is 27.5 Å². The third-order valence-electron chi connectivity index (χ3n) is 4.68. The number of ether oxygens (including phenoxy) is 3. The average molecular weight is 320 g/mol. The summed E-state index contributed by atoms with van der Waals surface area (Å²) in [6, 6.07) is 2.17. The molecular formula is C17H24N2O4. The van der Waals surface area contributed by atoms with Gasteiger partial charge in [0, 0.05) is 30.3 Å². The Hall–Kier alpha value is -1.92. The number of hydrogen-bond acceptors (Lipinski definition) is 6. The van der Waals surface area contributed by atoms with E-state index in [-0.39, 0.29) is 12.8 Å². The zero-order chi connectivity index (χ0) is 16.6. The minimum absolute atomic E-state index is 0.104.